The summed E-state index contributed by atoms with van der Waals surface area (Å²) in [6, 6.07) is 5.19. The quantitative estimate of drug-likeness (QED) is 0.836. The van der Waals surface area contributed by atoms with Gasteiger partial charge in [0.2, 0.25) is 5.91 Å². The largest absolute Gasteiger partial charge is 0.389 e. The summed E-state index contributed by atoms with van der Waals surface area (Å²) in [5.74, 6) is 0.0753. The van der Waals surface area contributed by atoms with Gasteiger partial charge in [-0.05, 0) is 36.5 Å². The maximum Gasteiger partial charge on any atom is 0.228 e. The fourth-order valence-electron chi connectivity index (χ4n) is 2.80. The Kier molecular flexibility index (Phi) is 4.35. The zero-order valence-electron chi connectivity index (χ0n) is 11.7. The zero-order chi connectivity index (χ0) is 14.9. The number of hydrogen-bond acceptors (Lipinski definition) is 2. The molecule has 1 aromatic carbocycles. The van der Waals surface area contributed by atoms with Crippen LogP contribution in [0.25, 0.3) is 0 Å². The van der Waals surface area contributed by atoms with Gasteiger partial charge >= 0.3 is 0 Å². The molecule has 0 radical (unpaired) electrons. The molecule has 1 aromatic rings. The first-order chi connectivity index (χ1) is 9.31. The zero-order valence-corrected chi connectivity index (χ0v) is 13.3. The lowest BCUT2D eigenvalue weighted by molar-refractivity contribution is -0.122. The highest BCUT2D eigenvalue weighted by Crippen LogP contribution is 2.43. The number of thiocarbonyl (C=S) groups is 1. The minimum Gasteiger partial charge on any atom is -0.389 e. The van der Waals surface area contributed by atoms with Crippen LogP contribution in [-0.4, -0.2) is 10.9 Å². The number of carbonyl (C=O) groups excluding carboxylic acids is 1. The number of nitrogens with two attached hydrogens (primary N) is 1. The van der Waals surface area contributed by atoms with Gasteiger partial charge in [0.1, 0.15) is 4.99 Å². The molecule has 3 nitrogen and oxygen atoms in total. The fraction of sp³-hybridized carbons (Fsp3) is 0.467. The molecular weight excluding hydrogens is 292 g/mol. The van der Waals surface area contributed by atoms with E-state index in [0.717, 1.165) is 19.3 Å². The summed E-state index contributed by atoms with van der Waals surface area (Å²) in [6.45, 7) is 4.28. The molecule has 1 fully saturated rings. The highest BCUT2D eigenvalue weighted by Gasteiger charge is 2.39. The van der Waals surface area contributed by atoms with Crippen LogP contribution in [0.4, 0.5) is 5.69 Å². The lowest BCUT2D eigenvalue weighted by Gasteiger charge is -2.26. The fourth-order valence-corrected chi connectivity index (χ4v) is 3.16. The molecule has 1 aliphatic carbocycles. The van der Waals surface area contributed by atoms with Crippen LogP contribution in [0.15, 0.2) is 18.2 Å². The molecule has 20 heavy (non-hydrogen) atoms. The molecular formula is C15H19ClN2OS. The Balaban J connectivity index is 2.14. The Labute approximate surface area is 129 Å². The molecule has 5 heteroatoms. The van der Waals surface area contributed by atoms with Crippen LogP contribution in [0.2, 0.25) is 5.02 Å². The minimum absolute atomic E-state index is 0.0360. The standard InChI is InChI=1S/C15H19ClN2OS/c1-15(2)7-3-4-10(15)14(19)18-12-6-5-9(13(17)20)8-11(12)16/h5-6,8,10H,3-4,7H2,1-2H3,(H2,17,20)(H,18,19). The van der Waals surface area contributed by atoms with E-state index in [9.17, 15) is 4.79 Å². The van der Waals surface area contributed by atoms with E-state index < -0.39 is 0 Å². The van der Waals surface area contributed by atoms with E-state index in [0.29, 0.717) is 21.3 Å². The number of nitrogens with one attached hydrogen (secondary N) is 1. The van der Waals surface area contributed by atoms with Crippen molar-refractivity contribution in [1.29, 1.82) is 0 Å². The highest BCUT2D eigenvalue weighted by atomic mass is 35.5. The van der Waals surface area contributed by atoms with Crippen LogP contribution in [0.5, 0.6) is 0 Å². The molecule has 0 saturated heterocycles. The van der Waals surface area contributed by atoms with Gasteiger partial charge in [-0.15, -0.1) is 0 Å². The number of anilines is 1. The van der Waals surface area contributed by atoms with Crippen LogP contribution in [0.3, 0.4) is 0 Å². The molecule has 1 aliphatic rings. The van der Waals surface area contributed by atoms with E-state index in [2.05, 4.69) is 19.2 Å². The summed E-state index contributed by atoms with van der Waals surface area (Å²) in [6.07, 6.45) is 3.11. The molecule has 1 amide bonds. The van der Waals surface area contributed by atoms with E-state index in [1.54, 1.807) is 18.2 Å². The molecule has 1 unspecified atom stereocenters. The molecule has 3 N–H and O–H groups in total. The van der Waals surface area contributed by atoms with E-state index in [1.807, 2.05) is 0 Å². The first-order valence-electron chi connectivity index (χ1n) is 6.71. The Hall–Kier alpha value is -1.13. The average Bonchev–Trinajstić information content (AvgIpc) is 2.71. The summed E-state index contributed by atoms with van der Waals surface area (Å²) in [5.41, 5.74) is 6.91. The van der Waals surface area contributed by atoms with Crippen molar-refractivity contribution in [3.05, 3.63) is 28.8 Å². The second kappa shape index (κ2) is 5.70. The van der Waals surface area contributed by atoms with E-state index in [-0.39, 0.29) is 17.2 Å². The lowest BCUT2D eigenvalue weighted by atomic mass is 9.81. The van der Waals surface area contributed by atoms with Crippen molar-refractivity contribution in [2.75, 3.05) is 5.32 Å². The number of amides is 1. The molecule has 108 valence electrons. The van der Waals surface area contributed by atoms with Gasteiger partial charge in [0.25, 0.3) is 0 Å². The lowest BCUT2D eigenvalue weighted by Crippen LogP contribution is -2.30. The Bertz CT molecular complexity index is 557. The van der Waals surface area contributed by atoms with Crippen molar-refractivity contribution in [2.24, 2.45) is 17.1 Å². The third kappa shape index (κ3) is 3.13. The summed E-state index contributed by atoms with van der Waals surface area (Å²) in [4.78, 5) is 12.7. The van der Waals surface area contributed by atoms with Crippen molar-refractivity contribution >= 4 is 40.4 Å². The van der Waals surface area contributed by atoms with Gasteiger partial charge in [-0.3, -0.25) is 4.79 Å². The second-order valence-electron chi connectivity index (χ2n) is 5.98. The van der Waals surface area contributed by atoms with Crippen molar-refractivity contribution in [1.82, 2.24) is 0 Å². The maximum atomic E-state index is 12.4. The van der Waals surface area contributed by atoms with Crippen molar-refractivity contribution in [2.45, 2.75) is 33.1 Å². The summed E-state index contributed by atoms with van der Waals surface area (Å²) >= 11 is 11.1. The van der Waals surface area contributed by atoms with Gasteiger partial charge in [-0.1, -0.05) is 44.1 Å². The van der Waals surface area contributed by atoms with E-state index in [1.165, 1.54) is 0 Å². The number of benzene rings is 1. The molecule has 1 saturated carbocycles. The molecule has 0 aliphatic heterocycles. The number of halogens is 1. The molecule has 1 atom stereocenters. The van der Waals surface area contributed by atoms with Gasteiger partial charge in [0, 0.05) is 11.5 Å². The SMILES string of the molecule is CC1(C)CCCC1C(=O)Nc1ccc(C(N)=S)cc1Cl. The monoisotopic (exact) mass is 310 g/mol. The maximum absolute atomic E-state index is 12.4. The van der Waals surface area contributed by atoms with Crippen LogP contribution >= 0.6 is 23.8 Å². The van der Waals surface area contributed by atoms with Gasteiger partial charge in [0.05, 0.1) is 10.7 Å². The van der Waals surface area contributed by atoms with Crippen molar-refractivity contribution in [3.63, 3.8) is 0 Å². The number of hydrogen-bond donors (Lipinski definition) is 2. The summed E-state index contributed by atoms with van der Waals surface area (Å²) in [5, 5.41) is 3.38. The minimum atomic E-state index is 0.0360. The Morgan fingerprint density at radius 1 is 1.50 bits per heavy atom. The molecule has 0 spiro atoms. The molecule has 0 bridgehead atoms. The van der Waals surface area contributed by atoms with Gasteiger partial charge < -0.3 is 11.1 Å². The third-order valence-corrected chi connectivity index (χ3v) is 4.63. The molecule has 2 rings (SSSR count). The third-order valence-electron chi connectivity index (χ3n) is 4.09. The highest BCUT2D eigenvalue weighted by molar-refractivity contribution is 7.80. The Morgan fingerprint density at radius 3 is 2.70 bits per heavy atom. The van der Waals surface area contributed by atoms with Gasteiger partial charge in [-0.25, -0.2) is 0 Å². The first kappa shape index (κ1) is 15.3. The second-order valence-corrected chi connectivity index (χ2v) is 6.83. The number of carbonyl (C=O) groups is 1. The van der Waals surface area contributed by atoms with Crippen LogP contribution in [0, 0.1) is 11.3 Å². The smallest absolute Gasteiger partial charge is 0.228 e. The van der Waals surface area contributed by atoms with Gasteiger partial charge in [-0.2, -0.15) is 0 Å². The van der Waals surface area contributed by atoms with Crippen molar-refractivity contribution < 1.29 is 4.79 Å². The van der Waals surface area contributed by atoms with Crippen LogP contribution in [-0.2, 0) is 4.79 Å². The predicted octanol–water partition coefficient (Wildman–Crippen LogP) is 3.74. The van der Waals surface area contributed by atoms with E-state index >= 15 is 0 Å². The van der Waals surface area contributed by atoms with Crippen LogP contribution in [0.1, 0.15) is 38.7 Å². The number of rotatable bonds is 3. The predicted molar refractivity (Wildman–Crippen MR) is 87.1 cm³/mol. The van der Waals surface area contributed by atoms with Crippen LogP contribution < -0.4 is 11.1 Å². The topological polar surface area (TPSA) is 55.1 Å². The summed E-state index contributed by atoms with van der Waals surface area (Å²) < 4.78 is 0. The first-order valence-corrected chi connectivity index (χ1v) is 7.50. The normalized spacial score (nSPS) is 20.6. The summed E-state index contributed by atoms with van der Waals surface area (Å²) in [7, 11) is 0. The van der Waals surface area contributed by atoms with Gasteiger partial charge in [0.15, 0.2) is 0 Å². The van der Waals surface area contributed by atoms with E-state index in [4.69, 9.17) is 29.6 Å². The van der Waals surface area contributed by atoms with Crippen molar-refractivity contribution in [3.8, 4) is 0 Å². The average molecular weight is 311 g/mol. The molecule has 0 heterocycles. The Morgan fingerprint density at radius 2 is 2.20 bits per heavy atom. The molecule has 0 aromatic heterocycles.